The molecule has 0 bridgehead atoms. The van der Waals surface area contributed by atoms with Gasteiger partial charge in [-0.15, -0.1) is 6.58 Å². The quantitative estimate of drug-likeness (QED) is 0.790. The minimum Gasteiger partial charge on any atom is -0.361 e. The van der Waals surface area contributed by atoms with E-state index in [2.05, 4.69) is 11.6 Å². The monoisotopic (exact) mass is 271 g/mol. The average molecular weight is 271 g/mol. The van der Waals surface area contributed by atoms with Crippen LogP contribution in [0.5, 0.6) is 0 Å². The van der Waals surface area contributed by atoms with Gasteiger partial charge in [0.15, 0.2) is 0 Å². The number of likely N-dealkylation sites (N-methyl/N-ethyl adjacent to an activating group) is 1. The fraction of sp³-hybridized carbons (Fsp3) is 0.312. The second-order valence-electron chi connectivity index (χ2n) is 4.84. The molecule has 1 amide bonds. The Morgan fingerprint density at radius 1 is 1.50 bits per heavy atom. The number of hydrogen-bond donors (Lipinski definition) is 2. The van der Waals surface area contributed by atoms with Crippen LogP contribution in [-0.4, -0.2) is 34.9 Å². The summed E-state index contributed by atoms with van der Waals surface area (Å²) in [6.45, 7) is 6.80. The lowest BCUT2D eigenvalue weighted by molar-refractivity contribution is -0.131. The van der Waals surface area contributed by atoms with Crippen molar-refractivity contribution >= 4 is 16.8 Å². The summed E-state index contributed by atoms with van der Waals surface area (Å²) in [5.74, 6) is -0.0299. The number of amides is 1. The second-order valence-corrected chi connectivity index (χ2v) is 4.84. The van der Waals surface area contributed by atoms with Crippen molar-refractivity contribution in [3.8, 4) is 0 Å². The molecule has 20 heavy (non-hydrogen) atoms. The molecule has 4 nitrogen and oxygen atoms in total. The van der Waals surface area contributed by atoms with E-state index in [1.54, 1.807) is 11.0 Å². The van der Waals surface area contributed by atoms with Crippen LogP contribution in [0.4, 0.5) is 0 Å². The first-order valence-electron chi connectivity index (χ1n) is 6.87. The van der Waals surface area contributed by atoms with Crippen LogP contribution < -0.4 is 5.73 Å². The maximum Gasteiger partial charge on any atom is 0.240 e. The summed E-state index contributed by atoms with van der Waals surface area (Å²) < 4.78 is 0. The molecule has 0 unspecified atom stereocenters. The molecular weight excluding hydrogens is 250 g/mol. The number of benzene rings is 1. The van der Waals surface area contributed by atoms with Gasteiger partial charge in [0.25, 0.3) is 0 Å². The van der Waals surface area contributed by atoms with Gasteiger partial charge in [-0.05, 0) is 25.0 Å². The zero-order chi connectivity index (χ0) is 14.5. The Hall–Kier alpha value is -2.07. The normalized spacial score (nSPS) is 12.3. The summed E-state index contributed by atoms with van der Waals surface area (Å²) in [5.41, 5.74) is 8.22. The average Bonchev–Trinajstić information content (AvgIpc) is 2.87. The molecule has 0 saturated carbocycles. The first-order valence-corrected chi connectivity index (χ1v) is 6.87. The minimum absolute atomic E-state index is 0.0299. The molecular formula is C16H21N3O. The molecule has 2 aromatic rings. The van der Waals surface area contributed by atoms with E-state index in [-0.39, 0.29) is 5.91 Å². The number of nitrogens with zero attached hydrogens (tertiary/aromatic N) is 1. The van der Waals surface area contributed by atoms with Gasteiger partial charge in [0.05, 0.1) is 6.04 Å². The lowest BCUT2D eigenvalue weighted by atomic mass is 10.0. The Labute approximate surface area is 119 Å². The maximum absolute atomic E-state index is 12.3. The van der Waals surface area contributed by atoms with Crippen LogP contribution in [0.25, 0.3) is 10.9 Å². The Kier molecular flexibility index (Phi) is 4.58. The Balaban J connectivity index is 2.12. The maximum atomic E-state index is 12.3. The van der Waals surface area contributed by atoms with E-state index in [9.17, 15) is 4.79 Å². The van der Waals surface area contributed by atoms with Crippen molar-refractivity contribution in [3.63, 3.8) is 0 Å². The molecule has 0 aliphatic rings. The van der Waals surface area contributed by atoms with Gasteiger partial charge in [-0.2, -0.15) is 0 Å². The van der Waals surface area contributed by atoms with E-state index >= 15 is 0 Å². The summed E-state index contributed by atoms with van der Waals surface area (Å²) in [6.07, 6.45) is 4.19. The molecule has 2 rings (SSSR count). The highest BCUT2D eigenvalue weighted by atomic mass is 16.2. The van der Waals surface area contributed by atoms with Crippen LogP contribution in [-0.2, 0) is 11.2 Å². The van der Waals surface area contributed by atoms with Gasteiger partial charge in [-0.1, -0.05) is 24.3 Å². The van der Waals surface area contributed by atoms with Gasteiger partial charge in [0.2, 0.25) is 5.91 Å². The Morgan fingerprint density at radius 3 is 2.95 bits per heavy atom. The molecule has 1 heterocycles. The smallest absolute Gasteiger partial charge is 0.240 e. The summed E-state index contributed by atoms with van der Waals surface area (Å²) in [6, 6.07) is 7.51. The van der Waals surface area contributed by atoms with Crippen LogP contribution >= 0.6 is 0 Å². The first-order chi connectivity index (χ1) is 9.67. The van der Waals surface area contributed by atoms with Gasteiger partial charge in [-0.25, -0.2) is 0 Å². The number of aromatic amines is 1. The van der Waals surface area contributed by atoms with E-state index in [1.807, 2.05) is 37.4 Å². The van der Waals surface area contributed by atoms with Gasteiger partial charge < -0.3 is 15.6 Å². The molecule has 4 heteroatoms. The number of hydrogen-bond acceptors (Lipinski definition) is 2. The predicted octanol–water partition coefficient (Wildman–Crippen LogP) is 2.07. The molecule has 106 valence electrons. The molecule has 1 aromatic carbocycles. The third kappa shape index (κ3) is 2.91. The molecule has 0 aliphatic heterocycles. The van der Waals surface area contributed by atoms with E-state index in [4.69, 9.17) is 5.73 Å². The second kappa shape index (κ2) is 6.39. The molecule has 0 fully saturated rings. The molecule has 1 atom stereocenters. The number of aromatic nitrogens is 1. The number of para-hydroxylation sites is 1. The SMILES string of the molecule is C=CCN(CC)C(=O)[C@H](N)Cc1c[nH]c2ccccc12. The summed E-state index contributed by atoms with van der Waals surface area (Å²) in [7, 11) is 0. The van der Waals surface area contributed by atoms with Gasteiger partial charge >= 0.3 is 0 Å². The summed E-state index contributed by atoms with van der Waals surface area (Å²) in [4.78, 5) is 17.2. The lowest BCUT2D eigenvalue weighted by Crippen LogP contribution is -2.44. The van der Waals surface area contributed by atoms with E-state index in [0.717, 1.165) is 16.5 Å². The van der Waals surface area contributed by atoms with E-state index < -0.39 is 6.04 Å². The first kappa shape index (κ1) is 14.3. The number of rotatable bonds is 6. The van der Waals surface area contributed by atoms with Crippen molar-refractivity contribution in [2.45, 2.75) is 19.4 Å². The van der Waals surface area contributed by atoms with Crippen LogP contribution in [0.15, 0.2) is 43.1 Å². The zero-order valence-corrected chi connectivity index (χ0v) is 11.8. The van der Waals surface area contributed by atoms with Crippen molar-refractivity contribution in [3.05, 3.63) is 48.7 Å². The number of nitrogens with two attached hydrogens (primary N) is 1. The van der Waals surface area contributed by atoms with Gasteiger partial charge in [-0.3, -0.25) is 4.79 Å². The third-order valence-corrected chi connectivity index (χ3v) is 3.47. The Morgan fingerprint density at radius 2 is 2.25 bits per heavy atom. The van der Waals surface area contributed by atoms with E-state index in [0.29, 0.717) is 19.5 Å². The molecule has 0 radical (unpaired) electrons. The number of fused-ring (bicyclic) bond motifs is 1. The predicted molar refractivity (Wildman–Crippen MR) is 82.4 cm³/mol. The summed E-state index contributed by atoms with van der Waals surface area (Å²) >= 11 is 0. The molecule has 1 aromatic heterocycles. The van der Waals surface area contributed by atoms with Crippen LogP contribution in [0.2, 0.25) is 0 Å². The highest BCUT2D eigenvalue weighted by molar-refractivity contribution is 5.86. The highest BCUT2D eigenvalue weighted by Gasteiger charge is 2.20. The topological polar surface area (TPSA) is 62.1 Å². The van der Waals surface area contributed by atoms with Crippen molar-refractivity contribution < 1.29 is 4.79 Å². The number of H-pyrrole nitrogens is 1. The van der Waals surface area contributed by atoms with Crippen molar-refractivity contribution in [2.75, 3.05) is 13.1 Å². The molecule has 3 N–H and O–H groups in total. The largest absolute Gasteiger partial charge is 0.361 e. The standard InChI is InChI=1S/C16H21N3O/c1-3-9-19(4-2)16(20)14(17)10-12-11-18-15-8-6-5-7-13(12)15/h3,5-8,11,14,18H,1,4,9-10,17H2,2H3/t14-/m1/s1. The molecule has 0 aliphatic carbocycles. The summed E-state index contributed by atoms with van der Waals surface area (Å²) in [5, 5.41) is 1.13. The number of carbonyl (C=O) groups excluding carboxylic acids is 1. The fourth-order valence-corrected chi connectivity index (χ4v) is 2.39. The lowest BCUT2D eigenvalue weighted by Gasteiger charge is -2.22. The van der Waals surface area contributed by atoms with Crippen molar-refractivity contribution in [2.24, 2.45) is 5.73 Å². The zero-order valence-electron chi connectivity index (χ0n) is 11.8. The number of nitrogens with one attached hydrogen (secondary N) is 1. The van der Waals surface area contributed by atoms with E-state index in [1.165, 1.54) is 0 Å². The van der Waals surface area contributed by atoms with Crippen LogP contribution in [0.3, 0.4) is 0 Å². The highest BCUT2D eigenvalue weighted by Crippen LogP contribution is 2.19. The Bertz CT molecular complexity index is 603. The minimum atomic E-state index is -0.519. The van der Waals surface area contributed by atoms with Crippen LogP contribution in [0, 0.1) is 0 Å². The van der Waals surface area contributed by atoms with Gasteiger partial charge in [0.1, 0.15) is 0 Å². The third-order valence-electron chi connectivity index (χ3n) is 3.47. The van der Waals surface area contributed by atoms with Crippen LogP contribution in [0.1, 0.15) is 12.5 Å². The molecule has 0 spiro atoms. The number of carbonyl (C=O) groups is 1. The molecule has 0 saturated heterocycles. The van der Waals surface area contributed by atoms with Crippen molar-refractivity contribution in [1.82, 2.24) is 9.88 Å². The van der Waals surface area contributed by atoms with Gasteiger partial charge in [0, 0.05) is 30.2 Å². The van der Waals surface area contributed by atoms with Crippen molar-refractivity contribution in [1.29, 1.82) is 0 Å². The fourth-order valence-electron chi connectivity index (χ4n) is 2.39.